The molecule has 0 bridgehead atoms. The summed E-state index contributed by atoms with van der Waals surface area (Å²) in [6.07, 6.45) is 2.14. The molecule has 22 heavy (non-hydrogen) atoms. The van der Waals surface area contributed by atoms with Crippen LogP contribution in [0.4, 0.5) is 0 Å². The molecule has 0 atom stereocenters. The van der Waals surface area contributed by atoms with Gasteiger partial charge in [-0.05, 0) is 17.7 Å². The number of halogens is 1. The highest BCUT2D eigenvalue weighted by Crippen LogP contribution is 2.38. The first-order valence-electron chi connectivity index (χ1n) is 6.46. The van der Waals surface area contributed by atoms with Gasteiger partial charge in [0.25, 0.3) is 0 Å². The van der Waals surface area contributed by atoms with Crippen LogP contribution in [0, 0.1) is 10.1 Å². The van der Waals surface area contributed by atoms with Gasteiger partial charge in [0.1, 0.15) is 6.61 Å². The maximum atomic E-state index is 10.4. The zero-order valence-corrected chi connectivity index (χ0v) is 12.6. The van der Waals surface area contributed by atoms with Crippen molar-refractivity contribution in [1.82, 2.24) is 0 Å². The molecule has 0 saturated carbocycles. The van der Waals surface area contributed by atoms with Gasteiger partial charge in [-0.25, -0.2) is 0 Å². The summed E-state index contributed by atoms with van der Waals surface area (Å²) in [6.45, 7) is 0.319. The first kappa shape index (κ1) is 15.9. The smallest absolute Gasteiger partial charge is 0.235 e. The van der Waals surface area contributed by atoms with Crippen molar-refractivity contribution in [3.8, 4) is 11.5 Å². The Morgan fingerprint density at radius 1 is 1.23 bits per heavy atom. The molecule has 0 aromatic heterocycles. The second-order valence-electron chi connectivity index (χ2n) is 4.38. The lowest BCUT2D eigenvalue weighted by Gasteiger charge is -2.13. The fraction of sp³-hybridized carbons (Fsp3) is 0.125. The fourth-order valence-corrected chi connectivity index (χ4v) is 2.12. The van der Waals surface area contributed by atoms with Gasteiger partial charge < -0.3 is 9.47 Å². The number of hydrogen-bond donors (Lipinski definition) is 0. The SMILES string of the molecule is COc1ccc(/C=C/[N+](=O)[O-])c(Cl)c1OCc1ccccc1. The third kappa shape index (κ3) is 3.99. The summed E-state index contributed by atoms with van der Waals surface area (Å²) in [5, 5.41) is 10.7. The van der Waals surface area contributed by atoms with Crippen LogP contribution in [0.5, 0.6) is 11.5 Å². The second kappa shape index (κ2) is 7.47. The summed E-state index contributed by atoms with van der Waals surface area (Å²) in [6, 6.07) is 12.9. The van der Waals surface area contributed by atoms with Crippen molar-refractivity contribution in [3.63, 3.8) is 0 Å². The highest BCUT2D eigenvalue weighted by atomic mass is 35.5. The van der Waals surface area contributed by atoms with Crippen LogP contribution in [-0.2, 0) is 6.61 Å². The minimum Gasteiger partial charge on any atom is -0.493 e. The summed E-state index contributed by atoms with van der Waals surface area (Å²) in [4.78, 5) is 9.87. The predicted molar refractivity (Wildman–Crippen MR) is 84.8 cm³/mol. The van der Waals surface area contributed by atoms with E-state index < -0.39 is 4.92 Å². The normalized spacial score (nSPS) is 10.6. The van der Waals surface area contributed by atoms with E-state index in [-0.39, 0.29) is 5.02 Å². The maximum Gasteiger partial charge on any atom is 0.235 e. The molecule has 0 fully saturated rings. The molecule has 0 spiro atoms. The van der Waals surface area contributed by atoms with Gasteiger partial charge in [-0.2, -0.15) is 0 Å². The van der Waals surface area contributed by atoms with Crippen LogP contribution in [0.15, 0.2) is 48.7 Å². The van der Waals surface area contributed by atoms with Crippen LogP contribution < -0.4 is 9.47 Å². The minimum atomic E-state index is -0.551. The quantitative estimate of drug-likeness (QED) is 0.592. The molecule has 0 heterocycles. The van der Waals surface area contributed by atoms with Crippen molar-refractivity contribution < 1.29 is 14.4 Å². The minimum absolute atomic E-state index is 0.272. The summed E-state index contributed by atoms with van der Waals surface area (Å²) < 4.78 is 11.0. The number of ether oxygens (including phenoxy) is 2. The molecular formula is C16H14ClNO4. The number of benzene rings is 2. The topological polar surface area (TPSA) is 61.6 Å². The van der Waals surface area contributed by atoms with E-state index in [1.807, 2.05) is 30.3 Å². The molecule has 2 aromatic rings. The van der Waals surface area contributed by atoms with Crippen molar-refractivity contribution in [2.45, 2.75) is 6.61 Å². The number of nitro groups is 1. The number of nitrogens with zero attached hydrogens (tertiary/aromatic N) is 1. The Balaban J connectivity index is 2.27. The molecule has 0 aliphatic rings. The molecule has 0 saturated heterocycles. The lowest BCUT2D eigenvalue weighted by atomic mass is 10.2. The molecule has 114 valence electrons. The first-order valence-corrected chi connectivity index (χ1v) is 6.84. The molecule has 0 radical (unpaired) electrons. The van der Waals surface area contributed by atoms with E-state index in [1.165, 1.54) is 13.2 Å². The Bertz CT molecular complexity index is 686. The monoisotopic (exact) mass is 319 g/mol. The van der Waals surface area contributed by atoms with Gasteiger partial charge in [0.2, 0.25) is 6.20 Å². The van der Waals surface area contributed by atoms with E-state index >= 15 is 0 Å². The lowest BCUT2D eigenvalue weighted by molar-refractivity contribution is -0.400. The number of hydrogen-bond acceptors (Lipinski definition) is 4. The van der Waals surface area contributed by atoms with Gasteiger partial charge in [-0.15, -0.1) is 0 Å². The number of rotatable bonds is 6. The largest absolute Gasteiger partial charge is 0.493 e. The van der Waals surface area contributed by atoms with Gasteiger partial charge >= 0.3 is 0 Å². The predicted octanol–water partition coefficient (Wildman–Crippen LogP) is 4.18. The molecule has 0 aliphatic heterocycles. The van der Waals surface area contributed by atoms with Crippen molar-refractivity contribution in [2.75, 3.05) is 7.11 Å². The number of methoxy groups -OCH3 is 1. The lowest BCUT2D eigenvalue weighted by Crippen LogP contribution is -1.99. The zero-order chi connectivity index (χ0) is 15.9. The van der Waals surface area contributed by atoms with Crippen LogP contribution in [0.2, 0.25) is 5.02 Å². The average molecular weight is 320 g/mol. The molecule has 0 unspecified atom stereocenters. The Kier molecular flexibility index (Phi) is 5.38. The third-order valence-electron chi connectivity index (χ3n) is 2.91. The van der Waals surface area contributed by atoms with Gasteiger partial charge in [-0.3, -0.25) is 10.1 Å². The molecule has 5 nitrogen and oxygen atoms in total. The van der Waals surface area contributed by atoms with Gasteiger partial charge in [0.15, 0.2) is 11.5 Å². The Morgan fingerprint density at radius 2 is 1.95 bits per heavy atom. The standard InChI is InChI=1S/C16H14ClNO4/c1-21-14-8-7-13(9-10-18(19)20)15(17)16(14)22-11-12-5-3-2-4-6-12/h2-10H,11H2,1H3/b10-9+. The molecule has 0 N–H and O–H groups in total. The zero-order valence-electron chi connectivity index (χ0n) is 11.9. The van der Waals surface area contributed by atoms with E-state index in [4.69, 9.17) is 21.1 Å². The molecule has 2 aromatic carbocycles. The maximum absolute atomic E-state index is 10.4. The van der Waals surface area contributed by atoms with E-state index in [9.17, 15) is 10.1 Å². The molecular weight excluding hydrogens is 306 g/mol. The summed E-state index contributed by atoms with van der Waals surface area (Å²) >= 11 is 6.26. The highest BCUT2D eigenvalue weighted by molar-refractivity contribution is 6.33. The summed E-state index contributed by atoms with van der Waals surface area (Å²) in [5.74, 6) is 0.831. The third-order valence-corrected chi connectivity index (χ3v) is 3.30. The van der Waals surface area contributed by atoms with E-state index in [0.29, 0.717) is 23.7 Å². The Hall–Kier alpha value is -2.53. The van der Waals surface area contributed by atoms with Crippen LogP contribution >= 0.6 is 11.6 Å². The van der Waals surface area contributed by atoms with Crippen molar-refractivity contribution in [2.24, 2.45) is 0 Å². The first-order chi connectivity index (χ1) is 10.6. The highest BCUT2D eigenvalue weighted by Gasteiger charge is 2.13. The van der Waals surface area contributed by atoms with Crippen LogP contribution in [0.3, 0.4) is 0 Å². The van der Waals surface area contributed by atoms with Crippen LogP contribution in [0.25, 0.3) is 6.08 Å². The van der Waals surface area contributed by atoms with Gasteiger partial charge in [0, 0.05) is 11.6 Å². The van der Waals surface area contributed by atoms with E-state index in [0.717, 1.165) is 11.8 Å². The van der Waals surface area contributed by atoms with Crippen LogP contribution in [0.1, 0.15) is 11.1 Å². The summed E-state index contributed by atoms with van der Waals surface area (Å²) in [5.41, 5.74) is 1.47. The Morgan fingerprint density at radius 3 is 2.59 bits per heavy atom. The van der Waals surface area contributed by atoms with E-state index in [1.54, 1.807) is 12.1 Å². The Labute approximate surface area is 132 Å². The second-order valence-corrected chi connectivity index (χ2v) is 4.75. The van der Waals surface area contributed by atoms with Crippen molar-refractivity contribution >= 4 is 17.7 Å². The fourth-order valence-electron chi connectivity index (χ4n) is 1.85. The van der Waals surface area contributed by atoms with E-state index in [2.05, 4.69) is 0 Å². The van der Waals surface area contributed by atoms with Gasteiger partial charge in [-0.1, -0.05) is 41.9 Å². The average Bonchev–Trinajstić information content (AvgIpc) is 2.53. The van der Waals surface area contributed by atoms with Crippen LogP contribution in [-0.4, -0.2) is 12.0 Å². The summed E-state index contributed by atoms with van der Waals surface area (Å²) in [7, 11) is 1.51. The molecule has 0 aliphatic carbocycles. The van der Waals surface area contributed by atoms with Crippen molar-refractivity contribution in [1.29, 1.82) is 0 Å². The van der Waals surface area contributed by atoms with Crippen molar-refractivity contribution in [3.05, 3.63) is 74.9 Å². The molecule has 2 rings (SSSR count). The molecule has 6 heteroatoms. The van der Waals surface area contributed by atoms with Gasteiger partial charge in [0.05, 0.1) is 17.1 Å². The molecule has 0 amide bonds.